The van der Waals surface area contributed by atoms with Crippen molar-refractivity contribution in [1.82, 2.24) is 10.6 Å². The van der Waals surface area contributed by atoms with Crippen molar-refractivity contribution in [2.24, 2.45) is 0 Å². The van der Waals surface area contributed by atoms with Crippen molar-refractivity contribution in [3.05, 3.63) is 57.3 Å². The first kappa shape index (κ1) is 20.6. The highest BCUT2D eigenvalue weighted by molar-refractivity contribution is 7.14. The number of hydrogen-bond donors (Lipinski definition) is 2. The van der Waals surface area contributed by atoms with E-state index < -0.39 is 5.97 Å². The monoisotopic (exact) mass is 388 g/mol. The van der Waals surface area contributed by atoms with Gasteiger partial charge in [-0.2, -0.15) is 0 Å². The molecule has 7 heteroatoms. The van der Waals surface area contributed by atoms with E-state index in [1.165, 1.54) is 11.3 Å². The second-order valence-corrected chi connectivity index (χ2v) is 7.47. The highest BCUT2D eigenvalue weighted by Crippen LogP contribution is 2.17. The first-order valence-electron chi connectivity index (χ1n) is 8.81. The van der Waals surface area contributed by atoms with Gasteiger partial charge in [-0.3, -0.25) is 4.79 Å². The van der Waals surface area contributed by atoms with E-state index in [-0.39, 0.29) is 24.5 Å². The van der Waals surface area contributed by atoms with Crippen LogP contribution in [-0.4, -0.2) is 30.4 Å². The van der Waals surface area contributed by atoms with E-state index in [0.717, 1.165) is 16.9 Å². The van der Waals surface area contributed by atoms with Crippen molar-refractivity contribution >= 4 is 29.1 Å². The van der Waals surface area contributed by atoms with Crippen molar-refractivity contribution in [2.45, 2.75) is 39.8 Å². The van der Waals surface area contributed by atoms with Crippen LogP contribution in [0.1, 0.15) is 51.2 Å². The number of rotatable bonds is 8. The van der Waals surface area contributed by atoms with Gasteiger partial charge in [-0.05, 0) is 50.1 Å². The van der Waals surface area contributed by atoms with Gasteiger partial charge in [0.25, 0.3) is 0 Å². The second kappa shape index (κ2) is 9.87. The zero-order valence-electron chi connectivity index (χ0n) is 15.7. The molecule has 1 aromatic heterocycles. The van der Waals surface area contributed by atoms with Crippen LogP contribution in [0.25, 0.3) is 0 Å². The summed E-state index contributed by atoms with van der Waals surface area (Å²) < 4.78 is 5.11. The van der Waals surface area contributed by atoms with Gasteiger partial charge in [-0.15, -0.1) is 11.3 Å². The molecule has 2 amide bonds. The Labute approximate surface area is 162 Å². The SMILES string of the molecule is CCc1ccc(C(=O)COC(=O)c2ccc(CNC(=O)NC(C)C)cc2)s1. The fourth-order valence-corrected chi connectivity index (χ4v) is 3.13. The molecule has 2 N–H and O–H groups in total. The van der Waals surface area contributed by atoms with Crippen LogP contribution >= 0.6 is 11.3 Å². The molecular formula is C20H24N2O4S. The standard InChI is InChI=1S/C20H24N2O4S/c1-4-16-9-10-18(27-16)17(23)12-26-19(24)15-7-5-14(6-8-15)11-21-20(25)22-13(2)3/h5-10,13H,4,11-12H2,1-3H3,(H2,21,22,25). The molecule has 27 heavy (non-hydrogen) atoms. The molecule has 0 aliphatic carbocycles. The minimum absolute atomic E-state index is 0.0626. The van der Waals surface area contributed by atoms with Crippen molar-refractivity contribution < 1.29 is 19.1 Å². The Bertz CT molecular complexity index is 797. The van der Waals surface area contributed by atoms with E-state index in [0.29, 0.717) is 17.0 Å². The molecule has 1 aromatic carbocycles. The van der Waals surface area contributed by atoms with Gasteiger partial charge < -0.3 is 15.4 Å². The first-order valence-corrected chi connectivity index (χ1v) is 9.63. The van der Waals surface area contributed by atoms with Crippen LogP contribution in [0.4, 0.5) is 4.79 Å². The summed E-state index contributed by atoms with van der Waals surface area (Å²) in [7, 11) is 0. The van der Waals surface area contributed by atoms with Crippen LogP contribution in [0.2, 0.25) is 0 Å². The summed E-state index contributed by atoms with van der Waals surface area (Å²) in [5.41, 5.74) is 1.21. The minimum Gasteiger partial charge on any atom is -0.454 e. The number of benzene rings is 1. The van der Waals surface area contributed by atoms with E-state index >= 15 is 0 Å². The molecule has 0 unspecified atom stereocenters. The fraction of sp³-hybridized carbons (Fsp3) is 0.350. The van der Waals surface area contributed by atoms with E-state index in [4.69, 9.17) is 4.74 Å². The van der Waals surface area contributed by atoms with E-state index in [9.17, 15) is 14.4 Å². The van der Waals surface area contributed by atoms with Gasteiger partial charge in [0, 0.05) is 17.5 Å². The zero-order valence-corrected chi connectivity index (χ0v) is 16.5. The molecule has 0 aliphatic heterocycles. The van der Waals surface area contributed by atoms with Crippen LogP contribution in [0.3, 0.4) is 0 Å². The van der Waals surface area contributed by atoms with E-state index in [1.54, 1.807) is 30.3 Å². The number of ketones is 1. The van der Waals surface area contributed by atoms with Crippen molar-refractivity contribution in [1.29, 1.82) is 0 Å². The number of esters is 1. The van der Waals surface area contributed by atoms with Gasteiger partial charge in [-0.25, -0.2) is 9.59 Å². The number of thiophene rings is 1. The Hall–Kier alpha value is -2.67. The average Bonchev–Trinajstić information content (AvgIpc) is 3.13. The van der Waals surface area contributed by atoms with Crippen molar-refractivity contribution in [3.8, 4) is 0 Å². The Kier molecular flexibility index (Phi) is 7.55. The number of aryl methyl sites for hydroxylation is 1. The Morgan fingerprint density at radius 2 is 1.78 bits per heavy atom. The number of Topliss-reactive ketones (excluding diaryl/α,β-unsaturated/α-hetero) is 1. The van der Waals surface area contributed by atoms with E-state index in [2.05, 4.69) is 10.6 Å². The number of amides is 2. The molecule has 0 spiro atoms. The smallest absolute Gasteiger partial charge is 0.338 e. The third-order valence-electron chi connectivity index (χ3n) is 3.68. The Morgan fingerprint density at radius 1 is 1.07 bits per heavy atom. The molecule has 2 aromatic rings. The van der Waals surface area contributed by atoms with Crippen LogP contribution in [0, 0.1) is 0 Å². The minimum atomic E-state index is -0.548. The number of nitrogens with one attached hydrogen (secondary N) is 2. The Morgan fingerprint density at radius 3 is 2.37 bits per heavy atom. The number of urea groups is 1. The van der Waals surface area contributed by atoms with E-state index in [1.807, 2.05) is 26.8 Å². The van der Waals surface area contributed by atoms with Crippen molar-refractivity contribution in [3.63, 3.8) is 0 Å². The van der Waals surface area contributed by atoms with Gasteiger partial charge in [0.05, 0.1) is 10.4 Å². The number of carbonyl (C=O) groups excluding carboxylic acids is 3. The van der Waals surface area contributed by atoms with Crippen LogP contribution < -0.4 is 10.6 Å². The zero-order chi connectivity index (χ0) is 19.8. The number of carbonyl (C=O) groups is 3. The maximum absolute atomic E-state index is 12.1. The predicted molar refractivity (Wildman–Crippen MR) is 105 cm³/mol. The second-order valence-electron chi connectivity index (χ2n) is 6.30. The summed E-state index contributed by atoms with van der Waals surface area (Å²) in [4.78, 5) is 37.4. The lowest BCUT2D eigenvalue weighted by atomic mass is 10.1. The normalized spacial score (nSPS) is 10.5. The molecule has 0 fully saturated rings. The van der Waals surface area contributed by atoms with Gasteiger partial charge >= 0.3 is 12.0 Å². The summed E-state index contributed by atoms with van der Waals surface area (Å²) in [6.45, 7) is 5.86. The third-order valence-corrected chi connectivity index (χ3v) is 4.95. The number of hydrogen-bond acceptors (Lipinski definition) is 5. The lowest BCUT2D eigenvalue weighted by Crippen LogP contribution is -2.39. The topological polar surface area (TPSA) is 84.5 Å². The van der Waals surface area contributed by atoms with Crippen molar-refractivity contribution in [2.75, 3.05) is 6.61 Å². The maximum atomic E-state index is 12.1. The largest absolute Gasteiger partial charge is 0.454 e. The van der Waals surface area contributed by atoms with Crippen LogP contribution in [-0.2, 0) is 17.7 Å². The first-order chi connectivity index (χ1) is 12.9. The molecule has 144 valence electrons. The summed E-state index contributed by atoms with van der Waals surface area (Å²) >= 11 is 1.42. The third kappa shape index (κ3) is 6.53. The van der Waals surface area contributed by atoms with Crippen LogP contribution in [0.15, 0.2) is 36.4 Å². The number of ether oxygens (including phenoxy) is 1. The predicted octanol–water partition coefficient (Wildman–Crippen LogP) is 3.56. The summed E-state index contributed by atoms with van der Waals surface area (Å²) in [6, 6.07) is 10.2. The molecule has 0 aliphatic rings. The highest BCUT2D eigenvalue weighted by atomic mass is 32.1. The summed E-state index contributed by atoms with van der Waals surface area (Å²) in [5, 5.41) is 5.47. The fourth-order valence-electron chi connectivity index (χ4n) is 2.26. The molecule has 2 rings (SSSR count). The molecule has 0 radical (unpaired) electrons. The van der Waals surface area contributed by atoms with Crippen LogP contribution in [0.5, 0.6) is 0 Å². The molecule has 0 atom stereocenters. The molecule has 0 bridgehead atoms. The lowest BCUT2D eigenvalue weighted by molar-refractivity contribution is 0.0476. The Balaban J connectivity index is 1.82. The van der Waals surface area contributed by atoms with Gasteiger partial charge in [0.15, 0.2) is 6.61 Å². The molecule has 6 nitrogen and oxygen atoms in total. The van der Waals surface area contributed by atoms with Gasteiger partial charge in [0.2, 0.25) is 5.78 Å². The molecular weight excluding hydrogens is 364 g/mol. The molecule has 0 saturated heterocycles. The molecule has 1 heterocycles. The van der Waals surface area contributed by atoms with Gasteiger partial charge in [-0.1, -0.05) is 19.1 Å². The average molecular weight is 388 g/mol. The summed E-state index contributed by atoms with van der Waals surface area (Å²) in [5.74, 6) is -0.752. The summed E-state index contributed by atoms with van der Waals surface area (Å²) in [6.07, 6.45) is 0.873. The van der Waals surface area contributed by atoms with Gasteiger partial charge in [0.1, 0.15) is 0 Å². The lowest BCUT2D eigenvalue weighted by Gasteiger charge is -2.10. The maximum Gasteiger partial charge on any atom is 0.338 e. The molecule has 0 saturated carbocycles. The highest BCUT2D eigenvalue weighted by Gasteiger charge is 2.13. The quantitative estimate of drug-likeness (QED) is 0.535.